The Hall–Kier alpha value is -3.88. The van der Waals surface area contributed by atoms with Crippen LogP contribution in [0.25, 0.3) is 0 Å². The lowest BCUT2D eigenvalue weighted by molar-refractivity contribution is -0.131. The largest absolute Gasteiger partial charge is 0.486 e. The number of carbonyl (C=O) groups is 2. The molecule has 3 heterocycles. The van der Waals surface area contributed by atoms with Gasteiger partial charge in [-0.2, -0.15) is 0 Å². The van der Waals surface area contributed by atoms with Crippen molar-refractivity contribution in [1.82, 2.24) is 20.4 Å². The summed E-state index contributed by atoms with van der Waals surface area (Å²) in [5, 5.41) is 6.59. The number of nitrogens with one attached hydrogen (secondary N) is 1. The Morgan fingerprint density at radius 2 is 2.00 bits per heavy atom. The van der Waals surface area contributed by atoms with Crippen LogP contribution in [-0.2, 0) is 35.7 Å². The Kier molecular flexibility index (Phi) is 6.41. The van der Waals surface area contributed by atoms with Gasteiger partial charge in [-0.25, -0.2) is 4.79 Å². The number of nitrogens with zero attached hydrogens (tertiary/aromatic N) is 3. The van der Waals surface area contributed by atoms with Gasteiger partial charge in [-0.3, -0.25) is 9.78 Å². The Balaban J connectivity index is 1.26. The van der Waals surface area contributed by atoms with Gasteiger partial charge in [0.2, 0.25) is 5.91 Å². The van der Waals surface area contributed by atoms with Gasteiger partial charge < -0.3 is 24.2 Å². The molecule has 0 spiro atoms. The molecule has 0 aliphatic carbocycles. The van der Waals surface area contributed by atoms with Crippen molar-refractivity contribution >= 4 is 12.0 Å². The van der Waals surface area contributed by atoms with E-state index in [4.69, 9.17) is 14.0 Å². The van der Waals surface area contributed by atoms with E-state index in [2.05, 4.69) is 15.5 Å². The van der Waals surface area contributed by atoms with Crippen LogP contribution in [0.15, 0.2) is 59.4 Å². The van der Waals surface area contributed by atoms with Crippen molar-refractivity contribution in [1.29, 1.82) is 0 Å². The molecule has 0 saturated heterocycles. The molecule has 160 valence electrons. The third kappa shape index (κ3) is 5.39. The summed E-state index contributed by atoms with van der Waals surface area (Å²) >= 11 is 0. The Morgan fingerprint density at radius 1 is 1.13 bits per heavy atom. The maximum Gasteiger partial charge on any atom is 0.407 e. The zero-order valence-electron chi connectivity index (χ0n) is 16.8. The monoisotopic (exact) mass is 422 g/mol. The molecule has 0 atom stereocenters. The summed E-state index contributed by atoms with van der Waals surface area (Å²) in [5.74, 6) is 1.17. The topological polar surface area (TPSA) is 107 Å². The summed E-state index contributed by atoms with van der Waals surface area (Å²) in [7, 11) is 0. The van der Waals surface area contributed by atoms with Crippen LogP contribution in [0.3, 0.4) is 0 Å². The summed E-state index contributed by atoms with van der Waals surface area (Å²) in [6.45, 7) is 1.07. The van der Waals surface area contributed by atoms with Gasteiger partial charge in [0.25, 0.3) is 0 Å². The van der Waals surface area contributed by atoms with E-state index in [1.807, 2.05) is 30.3 Å². The molecule has 9 nitrogen and oxygen atoms in total. The molecule has 0 fully saturated rings. The SMILES string of the molecule is O=C(NCC(=O)N1CCc2onc(COc3cccnc3)c2C1)OCc1ccccc1. The summed E-state index contributed by atoms with van der Waals surface area (Å²) in [6, 6.07) is 12.9. The number of alkyl carbamates (subject to hydrolysis) is 1. The molecule has 0 bridgehead atoms. The number of hydrogen-bond acceptors (Lipinski definition) is 7. The molecule has 9 heteroatoms. The fraction of sp³-hybridized carbons (Fsp3) is 0.273. The highest BCUT2D eigenvalue weighted by Crippen LogP contribution is 2.23. The molecule has 31 heavy (non-hydrogen) atoms. The molecule has 1 aliphatic rings. The van der Waals surface area contributed by atoms with E-state index in [0.717, 1.165) is 16.9 Å². The minimum Gasteiger partial charge on any atom is -0.486 e. The Bertz CT molecular complexity index is 1020. The fourth-order valence-corrected chi connectivity index (χ4v) is 3.21. The maximum atomic E-state index is 12.6. The van der Waals surface area contributed by atoms with E-state index >= 15 is 0 Å². The number of fused-ring (bicyclic) bond motifs is 1. The van der Waals surface area contributed by atoms with Crippen molar-refractivity contribution in [3.05, 3.63) is 77.4 Å². The molecule has 0 unspecified atom stereocenters. The lowest BCUT2D eigenvalue weighted by Crippen LogP contribution is -2.42. The van der Waals surface area contributed by atoms with Crippen molar-refractivity contribution in [2.45, 2.75) is 26.2 Å². The fourth-order valence-electron chi connectivity index (χ4n) is 3.21. The number of hydrogen-bond donors (Lipinski definition) is 1. The van der Waals surface area contributed by atoms with Crippen molar-refractivity contribution < 1.29 is 23.6 Å². The van der Waals surface area contributed by atoms with Crippen molar-refractivity contribution in [2.24, 2.45) is 0 Å². The summed E-state index contributed by atoms with van der Waals surface area (Å²) < 4.78 is 16.2. The minimum atomic E-state index is -0.634. The van der Waals surface area contributed by atoms with E-state index in [9.17, 15) is 9.59 Å². The van der Waals surface area contributed by atoms with E-state index in [1.165, 1.54) is 0 Å². The van der Waals surface area contributed by atoms with Crippen LogP contribution < -0.4 is 10.1 Å². The van der Waals surface area contributed by atoms with Crippen LogP contribution in [0.2, 0.25) is 0 Å². The predicted octanol–water partition coefficient (Wildman–Crippen LogP) is 2.46. The standard InChI is InChI=1S/C22H22N4O5/c27-21(12-24-22(28)30-14-16-5-2-1-3-6-16)26-10-8-20-18(13-26)19(25-31-20)15-29-17-7-4-9-23-11-17/h1-7,9,11H,8,10,12-15H2,(H,24,28). The first-order valence-corrected chi connectivity index (χ1v) is 9.90. The first kappa shape index (κ1) is 20.4. The van der Waals surface area contributed by atoms with Gasteiger partial charge in [0.05, 0.1) is 12.7 Å². The zero-order valence-corrected chi connectivity index (χ0v) is 16.8. The highest BCUT2D eigenvalue weighted by molar-refractivity contribution is 5.82. The number of benzene rings is 1. The van der Waals surface area contributed by atoms with Crippen LogP contribution >= 0.6 is 0 Å². The number of carbonyl (C=O) groups excluding carboxylic acids is 2. The first-order valence-electron chi connectivity index (χ1n) is 9.90. The predicted molar refractivity (Wildman–Crippen MR) is 109 cm³/mol. The summed E-state index contributed by atoms with van der Waals surface area (Å²) in [6.07, 6.45) is 3.20. The quantitative estimate of drug-likeness (QED) is 0.623. The summed E-state index contributed by atoms with van der Waals surface area (Å²) in [4.78, 5) is 30.1. The van der Waals surface area contributed by atoms with Gasteiger partial charge in [-0.1, -0.05) is 35.5 Å². The molecule has 4 rings (SSSR count). The Morgan fingerprint density at radius 3 is 2.81 bits per heavy atom. The van der Waals surface area contributed by atoms with Gasteiger partial charge in [0.1, 0.15) is 37.0 Å². The maximum absolute atomic E-state index is 12.6. The highest BCUT2D eigenvalue weighted by atomic mass is 16.5. The van der Waals surface area contributed by atoms with E-state index in [-0.39, 0.29) is 25.7 Å². The van der Waals surface area contributed by atoms with Gasteiger partial charge in [0, 0.05) is 24.7 Å². The van der Waals surface area contributed by atoms with E-state index in [1.54, 1.807) is 29.4 Å². The van der Waals surface area contributed by atoms with Crippen LogP contribution in [0.1, 0.15) is 22.6 Å². The van der Waals surface area contributed by atoms with E-state index in [0.29, 0.717) is 31.0 Å². The minimum absolute atomic E-state index is 0.143. The first-order chi connectivity index (χ1) is 15.2. The molecular formula is C22H22N4O5. The number of ether oxygens (including phenoxy) is 2. The number of rotatable bonds is 7. The van der Waals surface area contributed by atoms with Crippen molar-refractivity contribution in [2.75, 3.05) is 13.1 Å². The normalized spacial score (nSPS) is 12.7. The number of pyridine rings is 1. The third-order valence-electron chi connectivity index (χ3n) is 4.87. The highest BCUT2D eigenvalue weighted by Gasteiger charge is 2.27. The van der Waals surface area contributed by atoms with E-state index < -0.39 is 6.09 Å². The van der Waals surface area contributed by atoms with Gasteiger partial charge in [0.15, 0.2) is 0 Å². The average molecular weight is 422 g/mol. The van der Waals surface area contributed by atoms with Gasteiger partial charge >= 0.3 is 6.09 Å². The summed E-state index contributed by atoms with van der Waals surface area (Å²) in [5.41, 5.74) is 2.36. The second-order valence-electron chi connectivity index (χ2n) is 6.99. The molecule has 1 N–H and O–H groups in total. The molecular weight excluding hydrogens is 400 g/mol. The molecule has 2 amide bonds. The average Bonchev–Trinajstić information content (AvgIpc) is 3.23. The molecule has 0 saturated carbocycles. The molecule has 1 aliphatic heterocycles. The van der Waals surface area contributed by atoms with Crippen LogP contribution in [0.4, 0.5) is 4.79 Å². The second kappa shape index (κ2) is 9.75. The van der Waals surface area contributed by atoms with Crippen molar-refractivity contribution in [3.63, 3.8) is 0 Å². The van der Waals surface area contributed by atoms with Crippen molar-refractivity contribution in [3.8, 4) is 5.75 Å². The molecule has 1 aromatic carbocycles. The third-order valence-corrected chi connectivity index (χ3v) is 4.87. The lowest BCUT2D eigenvalue weighted by Gasteiger charge is -2.26. The smallest absolute Gasteiger partial charge is 0.407 e. The molecule has 3 aromatic rings. The Labute approximate surface area is 179 Å². The zero-order chi connectivity index (χ0) is 21.5. The number of amides is 2. The van der Waals surface area contributed by atoms with Gasteiger partial charge in [-0.15, -0.1) is 0 Å². The van der Waals surface area contributed by atoms with Crippen LogP contribution in [-0.4, -0.2) is 40.1 Å². The number of aromatic nitrogens is 2. The second-order valence-corrected chi connectivity index (χ2v) is 6.99. The lowest BCUT2D eigenvalue weighted by atomic mass is 10.1. The molecule has 2 aromatic heterocycles. The van der Waals surface area contributed by atoms with Gasteiger partial charge in [-0.05, 0) is 17.7 Å². The van der Waals surface area contributed by atoms with Crippen LogP contribution in [0, 0.1) is 0 Å². The molecule has 0 radical (unpaired) electrons. The van der Waals surface area contributed by atoms with Crippen LogP contribution in [0.5, 0.6) is 5.75 Å².